The number of piperazine rings is 1. The van der Waals surface area contributed by atoms with Gasteiger partial charge in [0.15, 0.2) is 0 Å². The van der Waals surface area contributed by atoms with Crippen LogP contribution in [-0.2, 0) is 23.6 Å². The number of amides is 1. The van der Waals surface area contributed by atoms with Gasteiger partial charge in [0.2, 0.25) is 10.0 Å². The number of carbonyl (C=O) groups excluding carboxylic acids is 1. The Labute approximate surface area is 185 Å². The number of carbonyl (C=O) groups is 1. The summed E-state index contributed by atoms with van der Waals surface area (Å²) in [5, 5.41) is 0. The number of rotatable bonds is 5. The molecule has 8 heteroatoms. The molecule has 0 spiro atoms. The highest BCUT2D eigenvalue weighted by Crippen LogP contribution is 2.31. The molecule has 31 heavy (non-hydrogen) atoms. The molecule has 2 aliphatic heterocycles. The summed E-state index contributed by atoms with van der Waals surface area (Å²) in [4.78, 5) is 17.5. The molecule has 4 rings (SSSR count). The maximum atomic E-state index is 13.7. The van der Waals surface area contributed by atoms with Gasteiger partial charge >= 0.3 is 0 Å². The van der Waals surface area contributed by atoms with Gasteiger partial charge < -0.3 is 9.47 Å². The van der Waals surface area contributed by atoms with Crippen molar-refractivity contribution in [3.63, 3.8) is 0 Å². The third-order valence-corrected chi connectivity index (χ3v) is 8.77. The number of hydrogen-bond acceptors (Lipinski definition) is 4. The first-order valence-electron chi connectivity index (χ1n) is 11.0. The van der Waals surface area contributed by atoms with Gasteiger partial charge in [-0.25, -0.2) is 8.42 Å². The van der Waals surface area contributed by atoms with Gasteiger partial charge in [0.05, 0.1) is 5.56 Å². The molecule has 2 fully saturated rings. The van der Waals surface area contributed by atoms with Crippen LogP contribution in [0.25, 0.3) is 0 Å². The maximum absolute atomic E-state index is 13.7. The van der Waals surface area contributed by atoms with Crippen LogP contribution in [0.3, 0.4) is 0 Å². The molecule has 0 bridgehead atoms. The van der Waals surface area contributed by atoms with E-state index >= 15 is 0 Å². The van der Waals surface area contributed by atoms with E-state index in [9.17, 15) is 13.2 Å². The van der Waals surface area contributed by atoms with Crippen LogP contribution in [-0.4, -0.2) is 72.3 Å². The minimum atomic E-state index is -3.76. The second-order valence-electron chi connectivity index (χ2n) is 8.60. The second kappa shape index (κ2) is 8.76. The highest BCUT2D eigenvalue weighted by atomic mass is 32.2. The van der Waals surface area contributed by atoms with Crippen molar-refractivity contribution in [1.82, 2.24) is 18.7 Å². The Morgan fingerprint density at radius 2 is 1.52 bits per heavy atom. The summed E-state index contributed by atoms with van der Waals surface area (Å²) in [6, 6.07) is 10.2. The van der Waals surface area contributed by atoms with Crippen molar-refractivity contribution in [2.75, 3.05) is 39.3 Å². The van der Waals surface area contributed by atoms with Crippen LogP contribution < -0.4 is 0 Å². The standard InChI is InChI=1S/C23H32N4O3S/c1-18-21(23(28)26-11-7-8-12-26)22(19(2)24(18)3)31(29,30)27-15-13-25(14-16-27)17-20-9-5-4-6-10-20/h4-6,9-10H,7-8,11-17H2,1-3H3. The Hall–Kier alpha value is -2.16. The molecule has 0 saturated carbocycles. The Morgan fingerprint density at radius 3 is 2.13 bits per heavy atom. The fourth-order valence-corrected chi connectivity index (χ4v) is 6.57. The SMILES string of the molecule is Cc1c(C(=O)N2CCCC2)c(S(=O)(=O)N2CCN(Cc3ccccc3)CC2)c(C)n1C. The minimum Gasteiger partial charge on any atom is -0.350 e. The molecular weight excluding hydrogens is 412 g/mol. The predicted octanol–water partition coefficient (Wildman–Crippen LogP) is 2.38. The Bertz CT molecular complexity index is 1050. The van der Waals surface area contributed by atoms with Gasteiger partial charge in [-0.2, -0.15) is 4.31 Å². The molecule has 3 heterocycles. The van der Waals surface area contributed by atoms with Gasteiger partial charge in [-0.3, -0.25) is 9.69 Å². The summed E-state index contributed by atoms with van der Waals surface area (Å²) < 4.78 is 30.8. The normalized spacial score (nSPS) is 18.6. The van der Waals surface area contributed by atoms with Crippen LogP contribution >= 0.6 is 0 Å². The molecular formula is C23H32N4O3S. The van der Waals surface area contributed by atoms with Crippen LogP contribution in [0.2, 0.25) is 0 Å². The first-order chi connectivity index (χ1) is 14.8. The topological polar surface area (TPSA) is 65.9 Å². The molecule has 0 N–H and O–H groups in total. The Kier molecular flexibility index (Phi) is 6.23. The monoisotopic (exact) mass is 444 g/mol. The van der Waals surface area contributed by atoms with Crippen LogP contribution in [0, 0.1) is 13.8 Å². The summed E-state index contributed by atoms with van der Waals surface area (Å²) in [5.74, 6) is -0.153. The Morgan fingerprint density at radius 1 is 0.903 bits per heavy atom. The van der Waals surface area contributed by atoms with Gasteiger partial charge in [-0.15, -0.1) is 0 Å². The molecule has 1 amide bonds. The van der Waals surface area contributed by atoms with Crippen molar-refractivity contribution in [2.45, 2.75) is 38.1 Å². The summed E-state index contributed by atoms with van der Waals surface area (Å²) in [7, 11) is -1.92. The van der Waals surface area contributed by atoms with Crippen molar-refractivity contribution in [3.8, 4) is 0 Å². The molecule has 1 aromatic carbocycles. The zero-order valence-corrected chi connectivity index (χ0v) is 19.5. The fraction of sp³-hybridized carbons (Fsp3) is 0.522. The number of likely N-dealkylation sites (tertiary alicyclic amines) is 1. The molecule has 7 nitrogen and oxygen atoms in total. The van der Waals surface area contributed by atoms with Gasteiger partial charge in [0.25, 0.3) is 5.91 Å². The second-order valence-corrected chi connectivity index (χ2v) is 10.5. The predicted molar refractivity (Wildman–Crippen MR) is 121 cm³/mol. The third-order valence-electron chi connectivity index (χ3n) is 6.71. The van der Waals surface area contributed by atoms with Crippen molar-refractivity contribution in [3.05, 3.63) is 52.8 Å². The van der Waals surface area contributed by atoms with Gasteiger partial charge in [-0.1, -0.05) is 30.3 Å². The fourth-order valence-electron chi connectivity index (χ4n) is 4.66. The molecule has 0 aliphatic carbocycles. The molecule has 2 aliphatic rings. The lowest BCUT2D eigenvalue weighted by atomic mass is 10.2. The molecule has 2 saturated heterocycles. The van der Waals surface area contributed by atoms with Crippen molar-refractivity contribution >= 4 is 15.9 Å². The van der Waals surface area contributed by atoms with E-state index in [1.165, 1.54) is 5.56 Å². The lowest BCUT2D eigenvalue weighted by molar-refractivity contribution is 0.0788. The molecule has 1 aromatic heterocycles. The highest BCUT2D eigenvalue weighted by molar-refractivity contribution is 7.89. The summed E-state index contributed by atoms with van der Waals surface area (Å²) in [6.07, 6.45) is 1.95. The summed E-state index contributed by atoms with van der Waals surface area (Å²) in [6.45, 7) is 8.06. The minimum absolute atomic E-state index is 0.153. The Balaban J connectivity index is 1.56. The highest BCUT2D eigenvalue weighted by Gasteiger charge is 2.37. The number of aromatic nitrogens is 1. The van der Waals surface area contributed by atoms with Crippen LogP contribution in [0.15, 0.2) is 35.2 Å². The van der Waals surface area contributed by atoms with Crippen LogP contribution in [0.1, 0.15) is 40.2 Å². The summed E-state index contributed by atoms with van der Waals surface area (Å²) in [5.41, 5.74) is 2.93. The molecule has 0 unspecified atom stereocenters. The summed E-state index contributed by atoms with van der Waals surface area (Å²) >= 11 is 0. The van der Waals surface area contributed by atoms with Gasteiger partial charge in [-0.05, 0) is 32.3 Å². The third kappa shape index (κ3) is 4.16. The van der Waals surface area contributed by atoms with Crippen molar-refractivity contribution < 1.29 is 13.2 Å². The van der Waals surface area contributed by atoms with Crippen LogP contribution in [0.5, 0.6) is 0 Å². The number of hydrogen-bond donors (Lipinski definition) is 0. The van der Waals surface area contributed by atoms with E-state index in [1.807, 2.05) is 36.7 Å². The van der Waals surface area contributed by atoms with Crippen molar-refractivity contribution in [1.29, 1.82) is 0 Å². The maximum Gasteiger partial charge on any atom is 0.257 e. The molecule has 0 radical (unpaired) electrons. The van der Waals surface area contributed by atoms with E-state index in [0.29, 0.717) is 50.5 Å². The van der Waals surface area contributed by atoms with E-state index in [4.69, 9.17) is 0 Å². The first kappa shape index (κ1) is 22.0. The average molecular weight is 445 g/mol. The molecule has 0 atom stereocenters. The lowest BCUT2D eigenvalue weighted by Gasteiger charge is -2.34. The van der Waals surface area contributed by atoms with E-state index in [-0.39, 0.29) is 10.8 Å². The quantitative estimate of drug-likeness (QED) is 0.710. The van der Waals surface area contributed by atoms with Crippen LogP contribution in [0.4, 0.5) is 0 Å². The van der Waals surface area contributed by atoms with Gasteiger partial charge in [0, 0.05) is 64.2 Å². The number of sulfonamides is 1. The van der Waals surface area contributed by atoms with Crippen molar-refractivity contribution in [2.24, 2.45) is 7.05 Å². The van der Waals surface area contributed by atoms with E-state index in [0.717, 1.165) is 25.1 Å². The largest absolute Gasteiger partial charge is 0.350 e. The first-order valence-corrected chi connectivity index (χ1v) is 12.5. The molecule has 2 aromatic rings. The average Bonchev–Trinajstić information content (AvgIpc) is 3.38. The van der Waals surface area contributed by atoms with Gasteiger partial charge in [0.1, 0.15) is 4.90 Å². The van der Waals surface area contributed by atoms with E-state index < -0.39 is 10.0 Å². The number of nitrogens with zero attached hydrogens (tertiary/aromatic N) is 4. The lowest BCUT2D eigenvalue weighted by Crippen LogP contribution is -2.48. The van der Waals surface area contributed by atoms with E-state index in [2.05, 4.69) is 17.0 Å². The number of benzene rings is 1. The smallest absolute Gasteiger partial charge is 0.257 e. The zero-order chi connectivity index (χ0) is 22.2. The zero-order valence-electron chi connectivity index (χ0n) is 18.7. The van der Waals surface area contributed by atoms with E-state index in [1.54, 1.807) is 16.1 Å². The molecule has 168 valence electrons.